The highest BCUT2D eigenvalue weighted by molar-refractivity contribution is 8.13. The van der Waals surface area contributed by atoms with Crippen molar-refractivity contribution >= 4 is 22.5 Å². The van der Waals surface area contributed by atoms with Crippen LogP contribution in [-0.2, 0) is 10.3 Å². The summed E-state index contributed by atoms with van der Waals surface area (Å²) in [7, 11) is 1.73. The lowest BCUT2D eigenvalue weighted by molar-refractivity contribution is 0.0645. The molecule has 1 fully saturated rings. The van der Waals surface area contributed by atoms with Crippen LogP contribution < -0.4 is 5.73 Å². The maximum atomic E-state index is 14.4. The van der Waals surface area contributed by atoms with Crippen LogP contribution in [0.1, 0.15) is 25.3 Å². The standard InChI is InChI=1S/C15H19FN2OS/c1-9-18-15(11-7-10(17)3-4-13(11)16)6-5-14(19-2)12(15)8-20-9/h3-4,7,12,14H,5-6,8,17H2,1-2H3/t12?,14-,15?/m0/s1. The van der Waals surface area contributed by atoms with E-state index in [1.807, 2.05) is 6.92 Å². The van der Waals surface area contributed by atoms with E-state index in [0.717, 1.165) is 23.6 Å². The Hall–Kier alpha value is -1.07. The Bertz CT molecular complexity index is 563. The summed E-state index contributed by atoms with van der Waals surface area (Å²) in [6.45, 7) is 1.99. The molecule has 0 aromatic heterocycles. The number of benzene rings is 1. The van der Waals surface area contributed by atoms with Crippen LogP contribution in [-0.4, -0.2) is 24.0 Å². The Balaban J connectivity index is 2.15. The first kappa shape index (κ1) is 13.9. The molecule has 108 valence electrons. The fourth-order valence-electron chi connectivity index (χ4n) is 3.52. The summed E-state index contributed by atoms with van der Waals surface area (Å²) in [6, 6.07) is 4.79. The maximum Gasteiger partial charge on any atom is 0.129 e. The Morgan fingerprint density at radius 3 is 3.05 bits per heavy atom. The van der Waals surface area contributed by atoms with Gasteiger partial charge in [-0.25, -0.2) is 4.39 Å². The van der Waals surface area contributed by atoms with Crippen molar-refractivity contribution in [1.82, 2.24) is 0 Å². The van der Waals surface area contributed by atoms with Crippen molar-refractivity contribution in [2.24, 2.45) is 10.9 Å². The van der Waals surface area contributed by atoms with Gasteiger partial charge in [0.05, 0.1) is 16.7 Å². The second kappa shape index (κ2) is 5.04. The molecule has 0 bridgehead atoms. The van der Waals surface area contributed by atoms with E-state index in [2.05, 4.69) is 0 Å². The monoisotopic (exact) mass is 294 g/mol. The number of anilines is 1. The van der Waals surface area contributed by atoms with E-state index in [9.17, 15) is 4.39 Å². The zero-order valence-electron chi connectivity index (χ0n) is 11.7. The second-order valence-corrected chi connectivity index (χ2v) is 6.74. The fourth-order valence-corrected chi connectivity index (χ4v) is 4.65. The fraction of sp³-hybridized carbons (Fsp3) is 0.533. The molecule has 1 aromatic carbocycles. The van der Waals surface area contributed by atoms with Crippen LogP contribution in [0.2, 0.25) is 0 Å². The Morgan fingerprint density at radius 1 is 1.50 bits per heavy atom. The van der Waals surface area contributed by atoms with Crippen LogP contribution >= 0.6 is 11.8 Å². The number of aliphatic imine (C=N–C) groups is 1. The van der Waals surface area contributed by atoms with Crippen LogP contribution in [0.15, 0.2) is 23.2 Å². The molecule has 0 spiro atoms. The lowest BCUT2D eigenvalue weighted by atomic mass is 9.80. The zero-order chi connectivity index (χ0) is 14.3. The molecule has 3 rings (SSSR count). The van der Waals surface area contributed by atoms with Gasteiger partial charge in [-0.1, -0.05) is 0 Å². The molecule has 0 saturated heterocycles. The average Bonchev–Trinajstić information content (AvgIpc) is 2.80. The molecule has 1 heterocycles. The summed E-state index contributed by atoms with van der Waals surface area (Å²) in [4.78, 5) is 4.85. The van der Waals surface area contributed by atoms with E-state index in [1.54, 1.807) is 31.0 Å². The predicted molar refractivity (Wildman–Crippen MR) is 81.6 cm³/mol. The number of ether oxygens (including phenoxy) is 1. The molecule has 1 aromatic rings. The van der Waals surface area contributed by atoms with Crippen LogP contribution in [0.4, 0.5) is 10.1 Å². The Labute approximate surface area is 122 Å². The van der Waals surface area contributed by atoms with Gasteiger partial charge in [-0.15, -0.1) is 11.8 Å². The molecule has 2 unspecified atom stereocenters. The van der Waals surface area contributed by atoms with E-state index >= 15 is 0 Å². The van der Waals surface area contributed by atoms with Gasteiger partial charge in [-0.05, 0) is 38.0 Å². The summed E-state index contributed by atoms with van der Waals surface area (Å²) in [5.41, 5.74) is 6.57. The van der Waals surface area contributed by atoms with Gasteiger partial charge < -0.3 is 10.5 Å². The molecule has 5 heteroatoms. The van der Waals surface area contributed by atoms with Crippen molar-refractivity contribution in [1.29, 1.82) is 0 Å². The van der Waals surface area contributed by atoms with Crippen LogP contribution in [0.5, 0.6) is 0 Å². The summed E-state index contributed by atoms with van der Waals surface area (Å²) < 4.78 is 20.0. The second-order valence-electron chi connectivity index (χ2n) is 5.52. The van der Waals surface area contributed by atoms with E-state index in [0.29, 0.717) is 11.3 Å². The third kappa shape index (κ3) is 2.04. The normalized spacial score (nSPS) is 32.9. The Kier molecular flexibility index (Phi) is 3.50. The minimum Gasteiger partial charge on any atom is -0.399 e. The van der Waals surface area contributed by atoms with Gasteiger partial charge in [0.15, 0.2) is 0 Å². The number of halogens is 1. The molecule has 3 atom stereocenters. The summed E-state index contributed by atoms with van der Waals surface area (Å²) in [6.07, 6.45) is 1.86. The van der Waals surface area contributed by atoms with Crippen molar-refractivity contribution in [2.75, 3.05) is 18.6 Å². The third-order valence-corrected chi connectivity index (χ3v) is 5.50. The lowest BCUT2D eigenvalue weighted by Crippen LogP contribution is -2.39. The highest BCUT2D eigenvalue weighted by Crippen LogP contribution is 2.52. The van der Waals surface area contributed by atoms with Gasteiger partial charge in [0.1, 0.15) is 5.82 Å². The number of methoxy groups -OCH3 is 1. The van der Waals surface area contributed by atoms with E-state index in [1.165, 1.54) is 6.07 Å². The molecular weight excluding hydrogens is 275 g/mol. The molecule has 3 nitrogen and oxygen atoms in total. The van der Waals surface area contributed by atoms with Crippen molar-refractivity contribution < 1.29 is 9.13 Å². The number of nitrogens with zero attached hydrogens (tertiary/aromatic N) is 1. The van der Waals surface area contributed by atoms with Gasteiger partial charge in [0.2, 0.25) is 0 Å². The molecule has 0 amide bonds. The lowest BCUT2D eigenvalue weighted by Gasteiger charge is -2.38. The summed E-state index contributed by atoms with van der Waals surface area (Å²) >= 11 is 1.73. The first-order valence-corrected chi connectivity index (χ1v) is 7.83. The minimum absolute atomic E-state index is 0.139. The number of rotatable bonds is 2. The third-order valence-electron chi connectivity index (χ3n) is 4.46. The minimum atomic E-state index is -0.504. The molecule has 0 radical (unpaired) electrons. The molecule has 2 aliphatic rings. The molecule has 1 aliphatic carbocycles. The average molecular weight is 294 g/mol. The maximum absolute atomic E-state index is 14.4. The highest BCUT2D eigenvalue weighted by Gasteiger charge is 2.52. The van der Waals surface area contributed by atoms with Crippen LogP contribution in [0.3, 0.4) is 0 Å². The van der Waals surface area contributed by atoms with E-state index < -0.39 is 5.54 Å². The van der Waals surface area contributed by atoms with Crippen molar-refractivity contribution in [2.45, 2.75) is 31.4 Å². The first-order valence-electron chi connectivity index (χ1n) is 6.84. The van der Waals surface area contributed by atoms with Crippen LogP contribution in [0, 0.1) is 11.7 Å². The van der Waals surface area contributed by atoms with Crippen molar-refractivity contribution in [3.8, 4) is 0 Å². The van der Waals surface area contributed by atoms with Crippen LogP contribution in [0.25, 0.3) is 0 Å². The summed E-state index contributed by atoms with van der Waals surface area (Å²) in [5.74, 6) is 0.907. The smallest absolute Gasteiger partial charge is 0.129 e. The quantitative estimate of drug-likeness (QED) is 0.852. The number of nitrogens with two attached hydrogens (primary N) is 1. The van der Waals surface area contributed by atoms with Gasteiger partial charge in [0, 0.05) is 30.0 Å². The molecule has 2 N–H and O–H groups in total. The van der Waals surface area contributed by atoms with Gasteiger partial charge in [-0.3, -0.25) is 4.99 Å². The van der Waals surface area contributed by atoms with Crippen molar-refractivity contribution in [3.05, 3.63) is 29.6 Å². The number of hydrogen-bond donors (Lipinski definition) is 1. The summed E-state index contributed by atoms with van der Waals surface area (Å²) in [5, 5.41) is 1.01. The first-order chi connectivity index (χ1) is 9.56. The largest absolute Gasteiger partial charge is 0.399 e. The van der Waals surface area contributed by atoms with E-state index in [-0.39, 0.29) is 17.8 Å². The van der Waals surface area contributed by atoms with Gasteiger partial charge >= 0.3 is 0 Å². The topological polar surface area (TPSA) is 47.6 Å². The molecule has 1 aliphatic heterocycles. The number of fused-ring (bicyclic) bond motifs is 1. The molecule has 20 heavy (non-hydrogen) atoms. The molecule has 1 saturated carbocycles. The molecular formula is C15H19FN2OS. The van der Waals surface area contributed by atoms with Gasteiger partial charge in [-0.2, -0.15) is 0 Å². The number of nitrogen functional groups attached to an aromatic ring is 1. The number of hydrogen-bond acceptors (Lipinski definition) is 4. The van der Waals surface area contributed by atoms with E-state index in [4.69, 9.17) is 15.5 Å². The number of thioether (sulfide) groups is 1. The SMILES string of the molecule is CO[C@H]1CCC2(c3cc(N)ccc3F)N=C(C)SCC12. The highest BCUT2D eigenvalue weighted by atomic mass is 32.2. The zero-order valence-corrected chi connectivity index (χ0v) is 12.5. The Morgan fingerprint density at radius 2 is 2.30 bits per heavy atom. The van der Waals surface area contributed by atoms with Gasteiger partial charge in [0.25, 0.3) is 0 Å². The van der Waals surface area contributed by atoms with Crippen molar-refractivity contribution in [3.63, 3.8) is 0 Å². The predicted octanol–water partition coefficient (Wildman–Crippen LogP) is 3.19.